The van der Waals surface area contributed by atoms with E-state index in [1.807, 2.05) is 6.92 Å². The highest BCUT2D eigenvalue weighted by atomic mass is 16.6. The van der Waals surface area contributed by atoms with E-state index in [2.05, 4.69) is 0 Å². The molecule has 0 unspecified atom stereocenters. The predicted octanol–water partition coefficient (Wildman–Crippen LogP) is 2.26. The molecule has 0 bridgehead atoms. The lowest BCUT2D eigenvalue weighted by Gasteiger charge is -2.25. The van der Waals surface area contributed by atoms with Gasteiger partial charge in [-0.3, -0.25) is 14.9 Å². The van der Waals surface area contributed by atoms with E-state index >= 15 is 0 Å². The van der Waals surface area contributed by atoms with Crippen LogP contribution in [-0.2, 0) is 9.53 Å². The van der Waals surface area contributed by atoms with Crippen molar-refractivity contribution in [3.8, 4) is 5.75 Å². The maximum absolute atomic E-state index is 12.0. The topological polar surface area (TPSA) is 81.9 Å². The Labute approximate surface area is 134 Å². The highest BCUT2D eigenvalue weighted by molar-refractivity contribution is 5.92. The molecule has 1 heterocycles. The Morgan fingerprint density at radius 3 is 2.83 bits per heavy atom. The summed E-state index contributed by atoms with van der Waals surface area (Å²) in [5.41, 5.74) is 0.488. The summed E-state index contributed by atoms with van der Waals surface area (Å²) in [5, 5.41) is 11.1. The Balaban J connectivity index is 2.09. The van der Waals surface area contributed by atoms with Gasteiger partial charge in [-0.2, -0.15) is 0 Å². The molecule has 2 rings (SSSR count). The largest absolute Gasteiger partial charge is 0.487 e. The summed E-state index contributed by atoms with van der Waals surface area (Å²) in [6, 6.07) is 4.67. The Hall–Kier alpha value is -2.41. The first-order valence-corrected chi connectivity index (χ1v) is 7.57. The molecule has 7 heteroatoms. The zero-order chi connectivity index (χ0) is 16.7. The van der Waals surface area contributed by atoms with Crippen LogP contribution in [0.2, 0.25) is 0 Å². The number of morpholine rings is 1. The summed E-state index contributed by atoms with van der Waals surface area (Å²) in [6.45, 7) is 4.55. The van der Waals surface area contributed by atoms with E-state index in [0.29, 0.717) is 38.5 Å². The molecule has 0 aromatic heterocycles. The van der Waals surface area contributed by atoms with E-state index in [4.69, 9.17) is 9.47 Å². The van der Waals surface area contributed by atoms with Gasteiger partial charge in [0.25, 0.3) is 0 Å². The van der Waals surface area contributed by atoms with Gasteiger partial charge in [0, 0.05) is 25.2 Å². The molecule has 7 nitrogen and oxygen atoms in total. The lowest BCUT2D eigenvalue weighted by atomic mass is 10.1. The lowest BCUT2D eigenvalue weighted by molar-refractivity contribution is -0.385. The second-order valence-corrected chi connectivity index (χ2v) is 5.10. The van der Waals surface area contributed by atoms with Gasteiger partial charge in [-0.1, -0.05) is 13.0 Å². The van der Waals surface area contributed by atoms with Crippen molar-refractivity contribution in [1.29, 1.82) is 0 Å². The van der Waals surface area contributed by atoms with Crippen molar-refractivity contribution in [2.75, 3.05) is 32.9 Å². The first-order valence-electron chi connectivity index (χ1n) is 7.57. The van der Waals surface area contributed by atoms with Gasteiger partial charge in [0.05, 0.1) is 24.7 Å². The molecule has 124 valence electrons. The third kappa shape index (κ3) is 4.79. The van der Waals surface area contributed by atoms with Gasteiger partial charge in [-0.25, -0.2) is 0 Å². The van der Waals surface area contributed by atoms with Gasteiger partial charge in [0.15, 0.2) is 5.75 Å². The number of nitro groups is 1. The predicted molar refractivity (Wildman–Crippen MR) is 85.3 cm³/mol. The molecule has 1 amide bonds. The van der Waals surface area contributed by atoms with Crippen LogP contribution >= 0.6 is 0 Å². The molecule has 1 fully saturated rings. The van der Waals surface area contributed by atoms with E-state index in [9.17, 15) is 14.9 Å². The SMILES string of the molecule is CCCOc1ccc(/C=C/C(=O)N2CCOCC2)cc1[N+](=O)[O-]. The summed E-state index contributed by atoms with van der Waals surface area (Å²) in [7, 11) is 0. The number of amides is 1. The van der Waals surface area contributed by atoms with Crippen LogP contribution in [-0.4, -0.2) is 48.6 Å². The number of hydrogen-bond acceptors (Lipinski definition) is 5. The van der Waals surface area contributed by atoms with Crippen LogP contribution in [0.15, 0.2) is 24.3 Å². The van der Waals surface area contributed by atoms with E-state index < -0.39 is 4.92 Å². The van der Waals surface area contributed by atoms with Crippen LogP contribution in [0.3, 0.4) is 0 Å². The monoisotopic (exact) mass is 320 g/mol. The van der Waals surface area contributed by atoms with Gasteiger partial charge in [-0.05, 0) is 24.1 Å². The summed E-state index contributed by atoms with van der Waals surface area (Å²) < 4.78 is 10.6. The summed E-state index contributed by atoms with van der Waals surface area (Å²) in [5.74, 6) is 0.121. The molecule has 0 atom stereocenters. The molecule has 23 heavy (non-hydrogen) atoms. The lowest BCUT2D eigenvalue weighted by Crippen LogP contribution is -2.39. The summed E-state index contributed by atoms with van der Waals surface area (Å²) in [4.78, 5) is 24.4. The Bertz CT molecular complexity index is 594. The Morgan fingerprint density at radius 2 is 2.17 bits per heavy atom. The minimum atomic E-state index is -0.480. The standard InChI is InChI=1S/C16H20N2O5/c1-2-9-23-15-5-3-13(12-14(15)18(20)21)4-6-16(19)17-7-10-22-11-8-17/h3-6,12H,2,7-11H2,1H3/b6-4+. The zero-order valence-electron chi connectivity index (χ0n) is 13.1. The van der Waals surface area contributed by atoms with Crippen molar-refractivity contribution in [2.24, 2.45) is 0 Å². The first kappa shape index (κ1) is 17.0. The van der Waals surface area contributed by atoms with E-state index in [0.717, 1.165) is 6.42 Å². The number of ether oxygens (including phenoxy) is 2. The maximum Gasteiger partial charge on any atom is 0.311 e. The summed E-state index contributed by atoms with van der Waals surface area (Å²) >= 11 is 0. The quantitative estimate of drug-likeness (QED) is 0.456. The third-order valence-corrected chi connectivity index (χ3v) is 3.38. The zero-order valence-corrected chi connectivity index (χ0v) is 13.1. The fraction of sp³-hybridized carbons (Fsp3) is 0.438. The van der Waals surface area contributed by atoms with Crippen molar-refractivity contribution in [3.05, 3.63) is 40.0 Å². The molecule has 0 radical (unpaired) electrons. The number of rotatable bonds is 6. The van der Waals surface area contributed by atoms with Crippen molar-refractivity contribution in [2.45, 2.75) is 13.3 Å². The molecular weight excluding hydrogens is 300 g/mol. The summed E-state index contributed by atoms with van der Waals surface area (Å²) in [6.07, 6.45) is 3.78. The van der Waals surface area contributed by atoms with Gasteiger partial charge in [0.2, 0.25) is 5.91 Å². The average Bonchev–Trinajstić information content (AvgIpc) is 2.58. The molecule has 1 saturated heterocycles. The molecule has 1 aliphatic heterocycles. The Kier molecular flexibility index (Phi) is 6.10. The van der Waals surface area contributed by atoms with Crippen molar-refractivity contribution < 1.29 is 19.2 Å². The molecule has 1 aromatic carbocycles. The number of nitro benzene ring substituents is 1. The number of benzene rings is 1. The molecule has 1 aliphatic rings. The highest BCUT2D eigenvalue weighted by Crippen LogP contribution is 2.28. The maximum atomic E-state index is 12.0. The van der Waals surface area contributed by atoms with E-state index in [1.54, 1.807) is 23.1 Å². The second-order valence-electron chi connectivity index (χ2n) is 5.10. The number of nitrogens with zero attached hydrogens (tertiary/aromatic N) is 2. The van der Waals surface area contributed by atoms with Crippen molar-refractivity contribution in [3.63, 3.8) is 0 Å². The van der Waals surface area contributed by atoms with Gasteiger partial charge < -0.3 is 14.4 Å². The normalized spacial score (nSPS) is 14.9. The van der Waals surface area contributed by atoms with E-state index in [1.165, 1.54) is 12.1 Å². The van der Waals surface area contributed by atoms with Crippen molar-refractivity contribution >= 4 is 17.7 Å². The number of carbonyl (C=O) groups excluding carboxylic acids is 1. The first-order chi connectivity index (χ1) is 11.1. The third-order valence-electron chi connectivity index (χ3n) is 3.38. The molecule has 0 N–H and O–H groups in total. The minimum Gasteiger partial charge on any atom is -0.487 e. The minimum absolute atomic E-state index is 0.0978. The molecular formula is C16H20N2O5. The van der Waals surface area contributed by atoms with Crippen LogP contribution in [0.1, 0.15) is 18.9 Å². The van der Waals surface area contributed by atoms with Gasteiger partial charge >= 0.3 is 5.69 Å². The van der Waals surface area contributed by atoms with E-state index in [-0.39, 0.29) is 17.3 Å². The average molecular weight is 320 g/mol. The fourth-order valence-electron chi connectivity index (χ4n) is 2.17. The smallest absolute Gasteiger partial charge is 0.311 e. The van der Waals surface area contributed by atoms with Crippen LogP contribution in [0.5, 0.6) is 5.75 Å². The molecule has 0 spiro atoms. The van der Waals surface area contributed by atoms with Crippen LogP contribution in [0, 0.1) is 10.1 Å². The Morgan fingerprint density at radius 1 is 1.43 bits per heavy atom. The van der Waals surface area contributed by atoms with Crippen LogP contribution in [0.25, 0.3) is 6.08 Å². The molecule has 0 aliphatic carbocycles. The molecule has 0 saturated carbocycles. The number of hydrogen-bond donors (Lipinski definition) is 0. The van der Waals surface area contributed by atoms with Crippen LogP contribution < -0.4 is 4.74 Å². The number of carbonyl (C=O) groups is 1. The van der Waals surface area contributed by atoms with Crippen LogP contribution in [0.4, 0.5) is 5.69 Å². The fourth-order valence-corrected chi connectivity index (χ4v) is 2.17. The molecule has 1 aromatic rings. The van der Waals surface area contributed by atoms with Gasteiger partial charge in [-0.15, -0.1) is 0 Å². The highest BCUT2D eigenvalue weighted by Gasteiger charge is 2.16. The second kappa shape index (κ2) is 8.28. The van der Waals surface area contributed by atoms with Gasteiger partial charge in [0.1, 0.15) is 0 Å². The van der Waals surface area contributed by atoms with Crippen molar-refractivity contribution in [1.82, 2.24) is 4.90 Å².